The van der Waals surface area contributed by atoms with Crippen LogP contribution in [-0.2, 0) is 9.53 Å². The standard InChI is InChI=1S/C12H21NO3/c1-8(2)6-9-7-10(14)13(9)11(15)16-12(3,4)5/h8-9H,6-7H2,1-5H3/t9-/m0/s1. The van der Waals surface area contributed by atoms with Gasteiger partial charge in [-0.1, -0.05) is 13.8 Å². The average Bonchev–Trinajstić information content (AvgIpc) is 1.97. The van der Waals surface area contributed by atoms with Crippen molar-refractivity contribution in [2.45, 2.75) is 59.1 Å². The van der Waals surface area contributed by atoms with E-state index in [4.69, 9.17) is 4.74 Å². The highest BCUT2D eigenvalue weighted by molar-refractivity contribution is 5.97. The van der Waals surface area contributed by atoms with Crippen molar-refractivity contribution in [3.63, 3.8) is 0 Å². The Morgan fingerprint density at radius 2 is 2.06 bits per heavy atom. The number of carbonyl (C=O) groups excluding carboxylic acids is 2. The molecule has 0 aromatic rings. The molecule has 4 nitrogen and oxygen atoms in total. The van der Waals surface area contributed by atoms with Gasteiger partial charge in [0.1, 0.15) is 5.60 Å². The molecule has 0 bridgehead atoms. The van der Waals surface area contributed by atoms with Crippen LogP contribution in [0.3, 0.4) is 0 Å². The van der Waals surface area contributed by atoms with Gasteiger partial charge >= 0.3 is 6.09 Å². The molecule has 0 aromatic carbocycles. The van der Waals surface area contributed by atoms with Gasteiger partial charge < -0.3 is 4.74 Å². The molecular weight excluding hydrogens is 206 g/mol. The summed E-state index contributed by atoms with van der Waals surface area (Å²) in [4.78, 5) is 24.4. The molecule has 1 rings (SSSR count). The van der Waals surface area contributed by atoms with E-state index in [0.29, 0.717) is 12.3 Å². The molecular formula is C12H21NO3. The zero-order valence-electron chi connectivity index (χ0n) is 10.7. The lowest BCUT2D eigenvalue weighted by atomic mass is 9.93. The largest absolute Gasteiger partial charge is 0.443 e. The molecule has 1 fully saturated rings. The van der Waals surface area contributed by atoms with Crippen molar-refractivity contribution in [1.82, 2.24) is 4.90 Å². The Morgan fingerprint density at radius 1 is 1.50 bits per heavy atom. The van der Waals surface area contributed by atoms with E-state index in [2.05, 4.69) is 13.8 Å². The highest BCUT2D eigenvalue weighted by atomic mass is 16.6. The fourth-order valence-corrected chi connectivity index (χ4v) is 1.78. The van der Waals surface area contributed by atoms with Crippen LogP contribution >= 0.6 is 0 Å². The first kappa shape index (κ1) is 13.0. The van der Waals surface area contributed by atoms with E-state index in [1.165, 1.54) is 4.90 Å². The van der Waals surface area contributed by atoms with Crippen LogP contribution < -0.4 is 0 Å². The third-order valence-electron chi connectivity index (χ3n) is 2.38. The smallest absolute Gasteiger partial charge is 0.417 e. The lowest BCUT2D eigenvalue weighted by Crippen LogP contribution is -2.57. The van der Waals surface area contributed by atoms with Crippen molar-refractivity contribution in [3.8, 4) is 0 Å². The number of likely N-dealkylation sites (tertiary alicyclic amines) is 1. The van der Waals surface area contributed by atoms with Gasteiger partial charge in [0.2, 0.25) is 5.91 Å². The molecule has 0 spiro atoms. The molecule has 4 heteroatoms. The predicted molar refractivity (Wildman–Crippen MR) is 60.9 cm³/mol. The molecule has 92 valence electrons. The maximum atomic E-state index is 11.7. The van der Waals surface area contributed by atoms with Gasteiger partial charge in [0.15, 0.2) is 0 Å². The second kappa shape index (κ2) is 4.44. The Kier molecular flexibility index (Phi) is 3.61. The molecule has 0 saturated carbocycles. The molecule has 1 atom stereocenters. The van der Waals surface area contributed by atoms with Gasteiger partial charge in [-0.25, -0.2) is 9.69 Å². The molecule has 0 radical (unpaired) electrons. The number of ether oxygens (including phenoxy) is 1. The summed E-state index contributed by atoms with van der Waals surface area (Å²) in [5.74, 6) is 0.350. The van der Waals surface area contributed by atoms with Gasteiger partial charge in [-0.15, -0.1) is 0 Å². The van der Waals surface area contributed by atoms with Crippen molar-refractivity contribution in [1.29, 1.82) is 0 Å². The second-order valence-electron chi connectivity index (χ2n) is 5.73. The van der Waals surface area contributed by atoms with Gasteiger partial charge in [-0.2, -0.15) is 0 Å². The SMILES string of the molecule is CC(C)C[C@H]1CC(=O)N1C(=O)OC(C)(C)C. The van der Waals surface area contributed by atoms with Crippen LogP contribution in [0.15, 0.2) is 0 Å². The first-order valence-electron chi connectivity index (χ1n) is 5.75. The summed E-state index contributed by atoms with van der Waals surface area (Å²) in [6.45, 7) is 9.55. The fraction of sp³-hybridized carbons (Fsp3) is 0.833. The van der Waals surface area contributed by atoms with E-state index in [9.17, 15) is 9.59 Å². The third kappa shape index (κ3) is 3.22. The van der Waals surface area contributed by atoms with Crippen LogP contribution in [0.5, 0.6) is 0 Å². The van der Waals surface area contributed by atoms with Crippen molar-refractivity contribution in [2.24, 2.45) is 5.92 Å². The molecule has 1 saturated heterocycles. The van der Waals surface area contributed by atoms with Crippen LogP contribution in [0.4, 0.5) is 4.79 Å². The highest BCUT2D eigenvalue weighted by Gasteiger charge is 2.42. The summed E-state index contributed by atoms with van der Waals surface area (Å²) >= 11 is 0. The fourth-order valence-electron chi connectivity index (χ4n) is 1.78. The van der Waals surface area contributed by atoms with Gasteiger partial charge in [-0.3, -0.25) is 4.79 Å². The Morgan fingerprint density at radius 3 is 2.44 bits per heavy atom. The Hall–Kier alpha value is -1.06. The monoisotopic (exact) mass is 227 g/mol. The lowest BCUT2D eigenvalue weighted by Gasteiger charge is -2.39. The van der Waals surface area contributed by atoms with Crippen LogP contribution in [0, 0.1) is 5.92 Å². The molecule has 1 aliphatic heterocycles. The second-order valence-corrected chi connectivity index (χ2v) is 5.73. The maximum Gasteiger partial charge on any atom is 0.417 e. The van der Waals surface area contributed by atoms with Gasteiger partial charge in [0.25, 0.3) is 0 Å². The lowest BCUT2D eigenvalue weighted by molar-refractivity contribution is -0.144. The van der Waals surface area contributed by atoms with E-state index in [-0.39, 0.29) is 11.9 Å². The summed E-state index contributed by atoms with van der Waals surface area (Å²) in [6, 6.07) is 0.0300. The summed E-state index contributed by atoms with van der Waals surface area (Å²) in [5, 5.41) is 0. The number of amides is 2. The number of carbonyl (C=O) groups is 2. The first-order valence-corrected chi connectivity index (χ1v) is 5.75. The third-order valence-corrected chi connectivity index (χ3v) is 2.38. The predicted octanol–water partition coefficient (Wildman–Crippen LogP) is 2.57. The molecule has 0 aliphatic carbocycles. The van der Waals surface area contributed by atoms with Crippen LogP contribution in [0.2, 0.25) is 0 Å². The summed E-state index contributed by atoms with van der Waals surface area (Å²) in [7, 11) is 0. The zero-order chi connectivity index (χ0) is 12.5. The molecule has 0 aromatic heterocycles. The topological polar surface area (TPSA) is 46.6 Å². The van der Waals surface area contributed by atoms with Crippen LogP contribution in [-0.4, -0.2) is 28.5 Å². The van der Waals surface area contributed by atoms with Crippen LogP contribution in [0.25, 0.3) is 0 Å². The Labute approximate surface area is 96.9 Å². The quantitative estimate of drug-likeness (QED) is 0.681. The first-order chi connectivity index (χ1) is 7.20. The van der Waals surface area contributed by atoms with E-state index in [1.54, 1.807) is 20.8 Å². The van der Waals surface area contributed by atoms with Crippen molar-refractivity contribution < 1.29 is 14.3 Å². The molecule has 0 unspecified atom stereocenters. The maximum absolute atomic E-state index is 11.7. The Bertz CT molecular complexity index is 291. The number of hydrogen-bond acceptors (Lipinski definition) is 3. The highest BCUT2D eigenvalue weighted by Crippen LogP contribution is 2.27. The van der Waals surface area contributed by atoms with Gasteiger partial charge in [-0.05, 0) is 33.1 Å². The number of rotatable bonds is 2. The number of nitrogens with zero attached hydrogens (tertiary/aromatic N) is 1. The van der Waals surface area contributed by atoms with Crippen molar-refractivity contribution in [2.75, 3.05) is 0 Å². The molecule has 0 N–H and O–H groups in total. The minimum atomic E-state index is -0.546. The summed E-state index contributed by atoms with van der Waals surface area (Å²) < 4.78 is 5.19. The number of imide groups is 1. The number of hydrogen-bond donors (Lipinski definition) is 0. The minimum Gasteiger partial charge on any atom is -0.443 e. The Balaban J connectivity index is 2.57. The van der Waals surface area contributed by atoms with Crippen LogP contribution in [0.1, 0.15) is 47.5 Å². The molecule has 1 aliphatic rings. The van der Waals surface area contributed by atoms with Crippen molar-refractivity contribution >= 4 is 12.0 Å². The van der Waals surface area contributed by atoms with Crippen molar-refractivity contribution in [3.05, 3.63) is 0 Å². The average molecular weight is 227 g/mol. The number of β-lactam (4-membered cyclic amide) rings is 1. The molecule has 16 heavy (non-hydrogen) atoms. The van der Waals surface area contributed by atoms with E-state index >= 15 is 0 Å². The van der Waals surface area contributed by atoms with Gasteiger partial charge in [0.05, 0.1) is 6.04 Å². The summed E-state index contributed by atoms with van der Waals surface area (Å²) in [6.07, 6.45) is 0.817. The van der Waals surface area contributed by atoms with E-state index in [0.717, 1.165) is 6.42 Å². The normalized spacial score (nSPS) is 21.0. The van der Waals surface area contributed by atoms with E-state index < -0.39 is 11.7 Å². The minimum absolute atomic E-state index is 0.0300. The van der Waals surface area contributed by atoms with Gasteiger partial charge in [0, 0.05) is 6.42 Å². The summed E-state index contributed by atoms with van der Waals surface area (Å²) in [5.41, 5.74) is -0.546. The van der Waals surface area contributed by atoms with E-state index in [1.807, 2.05) is 0 Å². The molecule has 1 heterocycles. The molecule has 2 amide bonds. The zero-order valence-corrected chi connectivity index (χ0v) is 10.7.